The molecule has 170 valence electrons. The Bertz CT molecular complexity index is 1260. The summed E-state index contributed by atoms with van der Waals surface area (Å²) in [4.78, 5) is 15.8. The van der Waals surface area contributed by atoms with E-state index < -0.39 is 0 Å². The molecule has 3 aromatic rings. The number of aryl methyl sites for hydroxylation is 1. The average molecular weight is 446 g/mol. The van der Waals surface area contributed by atoms with Gasteiger partial charge in [0, 0.05) is 24.1 Å². The highest BCUT2D eigenvalue weighted by Crippen LogP contribution is 2.44. The first-order valence-electron chi connectivity index (χ1n) is 12.2. The molecule has 1 fully saturated rings. The van der Waals surface area contributed by atoms with Crippen molar-refractivity contribution in [2.75, 3.05) is 13.1 Å². The molecule has 34 heavy (non-hydrogen) atoms. The van der Waals surface area contributed by atoms with Crippen molar-refractivity contribution in [3.63, 3.8) is 0 Å². The Kier molecular flexibility index (Phi) is 6.31. The fourth-order valence-corrected chi connectivity index (χ4v) is 5.28. The number of rotatable bonds is 5. The predicted molar refractivity (Wildman–Crippen MR) is 141 cm³/mol. The molecule has 1 saturated heterocycles. The monoisotopic (exact) mass is 445 g/mol. The van der Waals surface area contributed by atoms with Crippen LogP contribution in [0.1, 0.15) is 40.7 Å². The highest BCUT2D eigenvalue weighted by molar-refractivity contribution is 6.20. The minimum absolute atomic E-state index is 0.0789. The number of carbonyl (C=O) groups excluding carboxylic acids is 1. The van der Waals surface area contributed by atoms with E-state index in [1.165, 1.54) is 16.7 Å². The normalized spacial score (nSPS) is 16.9. The largest absolute Gasteiger partial charge is 0.339 e. The second-order valence-corrected chi connectivity index (χ2v) is 9.38. The van der Waals surface area contributed by atoms with Crippen LogP contribution in [-0.2, 0) is 16.6 Å². The molecule has 1 spiro atoms. The van der Waals surface area contributed by atoms with Gasteiger partial charge in [-0.05, 0) is 60.1 Å². The number of likely N-dealkylation sites (tertiary alicyclic amines) is 1. The third-order valence-electron chi connectivity index (χ3n) is 7.28. The summed E-state index contributed by atoms with van der Waals surface area (Å²) in [6.45, 7) is 3.62. The average Bonchev–Trinajstić information content (AvgIpc) is 3.23. The summed E-state index contributed by atoms with van der Waals surface area (Å²) in [7, 11) is 0. The number of benzene rings is 3. The summed E-state index contributed by atoms with van der Waals surface area (Å²) in [5.74, 6) is 0.128. The Morgan fingerprint density at radius 1 is 0.912 bits per heavy atom. The highest BCUT2D eigenvalue weighted by Gasteiger charge is 2.39. The number of carbonyl (C=O) groups is 1. The Balaban J connectivity index is 1.35. The maximum atomic E-state index is 13.8. The summed E-state index contributed by atoms with van der Waals surface area (Å²) in [6, 6.07) is 27.3. The van der Waals surface area contributed by atoms with E-state index in [4.69, 9.17) is 0 Å². The van der Waals surface area contributed by atoms with Crippen molar-refractivity contribution in [1.82, 2.24) is 4.90 Å². The summed E-state index contributed by atoms with van der Waals surface area (Å²) in [5.41, 5.74) is 7.01. The number of amides is 1. The standard InChI is InChI=1S/C32H31NO/c1-25-11-5-8-16-28(25)29(17-9-6-14-26-12-3-2-4-13-26)31(34)33-23-21-32(22-24-33)20-19-27-15-7-10-18-30(27)32/h2-13,15-20H,14,21-24H2,1H3/b9-6-,29-17+. The first-order valence-corrected chi connectivity index (χ1v) is 12.2. The van der Waals surface area contributed by atoms with Gasteiger partial charge >= 0.3 is 0 Å². The quantitative estimate of drug-likeness (QED) is 0.314. The van der Waals surface area contributed by atoms with Gasteiger partial charge in [0.05, 0.1) is 0 Å². The molecule has 3 aromatic carbocycles. The van der Waals surface area contributed by atoms with Crippen LogP contribution in [-0.4, -0.2) is 23.9 Å². The van der Waals surface area contributed by atoms with E-state index in [2.05, 4.69) is 85.8 Å². The van der Waals surface area contributed by atoms with Crippen molar-refractivity contribution in [3.05, 3.63) is 131 Å². The maximum absolute atomic E-state index is 13.8. The Labute approximate surface area is 202 Å². The van der Waals surface area contributed by atoms with Gasteiger partial charge in [0.2, 0.25) is 0 Å². The lowest BCUT2D eigenvalue weighted by Gasteiger charge is -2.39. The first kappa shape index (κ1) is 22.2. The Morgan fingerprint density at radius 3 is 2.41 bits per heavy atom. The summed E-state index contributed by atoms with van der Waals surface area (Å²) in [6.07, 6.45) is 13.6. The predicted octanol–water partition coefficient (Wildman–Crippen LogP) is 6.76. The molecular weight excluding hydrogens is 414 g/mol. The van der Waals surface area contributed by atoms with E-state index in [0.29, 0.717) is 0 Å². The van der Waals surface area contributed by atoms with Crippen LogP contribution >= 0.6 is 0 Å². The van der Waals surface area contributed by atoms with Gasteiger partial charge in [0.25, 0.3) is 5.91 Å². The van der Waals surface area contributed by atoms with Crippen LogP contribution in [0.5, 0.6) is 0 Å². The molecular formula is C32H31NO. The van der Waals surface area contributed by atoms with E-state index in [0.717, 1.165) is 49.1 Å². The fourth-order valence-electron chi connectivity index (χ4n) is 5.28. The van der Waals surface area contributed by atoms with Crippen molar-refractivity contribution in [2.24, 2.45) is 0 Å². The zero-order valence-corrected chi connectivity index (χ0v) is 19.8. The van der Waals surface area contributed by atoms with Gasteiger partial charge in [-0.25, -0.2) is 0 Å². The van der Waals surface area contributed by atoms with Crippen molar-refractivity contribution >= 4 is 17.6 Å². The molecule has 0 bridgehead atoms. The Hall–Kier alpha value is -3.65. The molecule has 1 aliphatic heterocycles. The molecule has 0 atom stereocenters. The molecule has 2 nitrogen and oxygen atoms in total. The third kappa shape index (κ3) is 4.41. The van der Waals surface area contributed by atoms with E-state index in [9.17, 15) is 4.79 Å². The van der Waals surface area contributed by atoms with Gasteiger partial charge in [-0.1, -0.05) is 103 Å². The van der Waals surface area contributed by atoms with Gasteiger partial charge in [-0.15, -0.1) is 0 Å². The lowest BCUT2D eigenvalue weighted by molar-refractivity contribution is -0.126. The Morgan fingerprint density at radius 2 is 1.62 bits per heavy atom. The van der Waals surface area contributed by atoms with Crippen molar-refractivity contribution < 1.29 is 4.79 Å². The second-order valence-electron chi connectivity index (χ2n) is 9.38. The second kappa shape index (κ2) is 9.69. The minimum atomic E-state index is 0.0789. The van der Waals surface area contributed by atoms with Crippen LogP contribution in [0.2, 0.25) is 0 Å². The number of piperidine rings is 1. The van der Waals surface area contributed by atoms with Gasteiger partial charge in [0.1, 0.15) is 0 Å². The lowest BCUT2D eigenvalue weighted by atomic mass is 9.74. The molecule has 1 heterocycles. The van der Waals surface area contributed by atoms with Gasteiger partial charge in [-0.2, -0.15) is 0 Å². The highest BCUT2D eigenvalue weighted by atomic mass is 16.2. The topological polar surface area (TPSA) is 20.3 Å². The molecule has 2 aliphatic rings. The first-order chi connectivity index (χ1) is 16.7. The van der Waals surface area contributed by atoms with E-state index in [-0.39, 0.29) is 11.3 Å². The minimum Gasteiger partial charge on any atom is -0.339 e. The molecule has 0 unspecified atom stereocenters. The van der Waals surface area contributed by atoms with E-state index in [1.54, 1.807) is 0 Å². The van der Waals surface area contributed by atoms with Crippen LogP contribution in [0.3, 0.4) is 0 Å². The van der Waals surface area contributed by atoms with Gasteiger partial charge in [0.15, 0.2) is 0 Å². The van der Waals surface area contributed by atoms with Crippen LogP contribution in [0.25, 0.3) is 11.6 Å². The summed E-state index contributed by atoms with van der Waals surface area (Å²) < 4.78 is 0. The number of nitrogens with zero attached hydrogens (tertiary/aromatic N) is 1. The zero-order chi connectivity index (χ0) is 23.4. The molecule has 0 saturated carbocycles. The van der Waals surface area contributed by atoms with Crippen molar-refractivity contribution in [1.29, 1.82) is 0 Å². The molecule has 1 amide bonds. The van der Waals surface area contributed by atoms with Crippen LogP contribution in [0.15, 0.2) is 103 Å². The fraction of sp³-hybridized carbons (Fsp3) is 0.219. The number of fused-ring (bicyclic) bond motifs is 2. The van der Waals surface area contributed by atoms with Crippen LogP contribution < -0.4 is 0 Å². The van der Waals surface area contributed by atoms with Gasteiger partial charge < -0.3 is 4.90 Å². The number of hydrogen-bond acceptors (Lipinski definition) is 1. The zero-order valence-electron chi connectivity index (χ0n) is 19.8. The molecule has 1 aliphatic carbocycles. The molecule has 5 rings (SSSR count). The summed E-state index contributed by atoms with van der Waals surface area (Å²) >= 11 is 0. The van der Waals surface area contributed by atoms with Gasteiger partial charge in [-0.3, -0.25) is 4.79 Å². The number of hydrogen-bond donors (Lipinski definition) is 0. The molecule has 0 aromatic heterocycles. The smallest absolute Gasteiger partial charge is 0.254 e. The van der Waals surface area contributed by atoms with Crippen LogP contribution in [0, 0.1) is 6.92 Å². The SMILES string of the molecule is Cc1ccccc1/C(=C\C=C/Cc1ccccc1)C(=O)N1CCC2(C=Cc3ccccc32)CC1. The van der Waals surface area contributed by atoms with Crippen LogP contribution in [0.4, 0.5) is 0 Å². The van der Waals surface area contributed by atoms with Crippen molar-refractivity contribution in [3.8, 4) is 0 Å². The molecule has 2 heteroatoms. The number of allylic oxidation sites excluding steroid dienone is 4. The van der Waals surface area contributed by atoms with E-state index in [1.807, 2.05) is 35.3 Å². The molecule has 0 radical (unpaired) electrons. The maximum Gasteiger partial charge on any atom is 0.254 e. The molecule has 0 N–H and O–H groups in total. The van der Waals surface area contributed by atoms with E-state index >= 15 is 0 Å². The van der Waals surface area contributed by atoms with Crippen molar-refractivity contribution in [2.45, 2.75) is 31.6 Å². The third-order valence-corrected chi connectivity index (χ3v) is 7.28. The summed E-state index contributed by atoms with van der Waals surface area (Å²) in [5, 5.41) is 0. The lowest BCUT2D eigenvalue weighted by Crippen LogP contribution is -2.44.